The molecule has 0 saturated carbocycles. The molecule has 2 rings (SSSR count). The number of hydrogen-bond acceptors (Lipinski definition) is 3. The second kappa shape index (κ2) is 7.67. The summed E-state index contributed by atoms with van der Waals surface area (Å²) in [5, 5.41) is 11.3. The molecule has 1 aromatic heterocycles. The van der Waals surface area contributed by atoms with Crippen LogP contribution in [0.1, 0.15) is 47.5 Å². The maximum Gasteiger partial charge on any atom is 0.271 e. The molecule has 3 N–H and O–H groups in total. The standard InChI is InChI=1S/C16H18F2N4O2/c1-3-9(4-2)20-16(24)14-12(8-19-22-14)21-15(23)13-10(17)6-5-7-11(13)18/h5-9H,3-4H2,1-2H3,(H,19,22)(H,20,24)(H,21,23). The van der Waals surface area contributed by atoms with Crippen LogP contribution in [0.2, 0.25) is 0 Å². The van der Waals surface area contributed by atoms with Crippen molar-refractivity contribution in [3.63, 3.8) is 0 Å². The van der Waals surface area contributed by atoms with E-state index in [1.165, 1.54) is 6.20 Å². The third-order valence-corrected chi connectivity index (χ3v) is 3.63. The minimum atomic E-state index is -0.997. The van der Waals surface area contributed by atoms with E-state index in [0.29, 0.717) is 0 Å². The van der Waals surface area contributed by atoms with Crippen molar-refractivity contribution in [2.75, 3.05) is 5.32 Å². The summed E-state index contributed by atoms with van der Waals surface area (Å²) in [7, 11) is 0. The number of H-pyrrole nitrogens is 1. The Morgan fingerprint density at radius 3 is 2.38 bits per heavy atom. The van der Waals surface area contributed by atoms with Crippen LogP contribution in [0.3, 0.4) is 0 Å². The molecule has 0 spiro atoms. The Kier molecular flexibility index (Phi) is 5.62. The average molecular weight is 336 g/mol. The van der Waals surface area contributed by atoms with Crippen LogP contribution in [0.5, 0.6) is 0 Å². The van der Waals surface area contributed by atoms with E-state index in [1.807, 2.05) is 13.8 Å². The molecule has 6 nitrogen and oxygen atoms in total. The number of anilines is 1. The Balaban J connectivity index is 2.19. The highest BCUT2D eigenvalue weighted by Crippen LogP contribution is 2.17. The highest BCUT2D eigenvalue weighted by Gasteiger charge is 2.21. The fraction of sp³-hybridized carbons (Fsp3) is 0.312. The molecule has 0 aliphatic carbocycles. The molecule has 0 aliphatic heterocycles. The highest BCUT2D eigenvalue weighted by atomic mass is 19.1. The Morgan fingerprint density at radius 1 is 1.17 bits per heavy atom. The van der Waals surface area contributed by atoms with Crippen LogP contribution < -0.4 is 10.6 Å². The van der Waals surface area contributed by atoms with E-state index in [0.717, 1.165) is 31.0 Å². The monoisotopic (exact) mass is 336 g/mol. The average Bonchev–Trinajstić information content (AvgIpc) is 3.00. The first-order valence-electron chi connectivity index (χ1n) is 7.57. The van der Waals surface area contributed by atoms with Gasteiger partial charge in [-0.1, -0.05) is 19.9 Å². The molecule has 128 valence electrons. The Labute approximate surface area is 137 Å². The lowest BCUT2D eigenvalue weighted by atomic mass is 10.1. The molecule has 1 aromatic carbocycles. The van der Waals surface area contributed by atoms with Crippen molar-refractivity contribution in [2.24, 2.45) is 0 Å². The second-order valence-electron chi connectivity index (χ2n) is 5.20. The molecule has 0 fully saturated rings. The summed E-state index contributed by atoms with van der Waals surface area (Å²) in [6.07, 6.45) is 2.70. The lowest BCUT2D eigenvalue weighted by Gasteiger charge is -2.14. The number of carbonyl (C=O) groups excluding carboxylic acids is 2. The van der Waals surface area contributed by atoms with Crippen LogP contribution >= 0.6 is 0 Å². The first-order chi connectivity index (χ1) is 11.5. The predicted molar refractivity (Wildman–Crippen MR) is 84.7 cm³/mol. The van der Waals surface area contributed by atoms with Crippen LogP contribution in [0.25, 0.3) is 0 Å². The number of aromatic nitrogens is 2. The van der Waals surface area contributed by atoms with Crippen LogP contribution in [-0.4, -0.2) is 28.1 Å². The van der Waals surface area contributed by atoms with E-state index < -0.39 is 29.0 Å². The maximum atomic E-state index is 13.6. The minimum absolute atomic E-state index is 0.0200. The van der Waals surface area contributed by atoms with Crippen molar-refractivity contribution in [2.45, 2.75) is 32.7 Å². The zero-order chi connectivity index (χ0) is 17.7. The Morgan fingerprint density at radius 2 is 1.79 bits per heavy atom. The number of benzene rings is 1. The van der Waals surface area contributed by atoms with Gasteiger partial charge in [0.25, 0.3) is 11.8 Å². The number of rotatable bonds is 6. The summed E-state index contributed by atoms with van der Waals surface area (Å²) in [5.74, 6) is -3.42. The minimum Gasteiger partial charge on any atom is -0.348 e. The lowest BCUT2D eigenvalue weighted by Crippen LogP contribution is -2.34. The number of carbonyl (C=O) groups is 2. The van der Waals surface area contributed by atoms with Gasteiger partial charge in [0.15, 0.2) is 0 Å². The molecule has 0 radical (unpaired) electrons. The summed E-state index contributed by atoms with van der Waals surface area (Å²) in [6.45, 7) is 3.87. The summed E-state index contributed by atoms with van der Waals surface area (Å²) in [6, 6.07) is 3.10. The highest BCUT2D eigenvalue weighted by molar-refractivity contribution is 6.08. The molecule has 0 bridgehead atoms. The van der Waals surface area contributed by atoms with Gasteiger partial charge in [-0.3, -0.25) is 14.7 Å². The quantitative estimate of drug-likeness (QED) is 0.758. The largest absolute Gasteiger partial charge is 0.348 e. The molecule has 0 atom stereocenters. The Hall–Kier alpha value is -2.77. The van der Waals surface area contributed by atoms with Crippen molar-refractivity contribution in [3.05, 3.63) is 47.3 Å². The van der Waals surface area contributed by atoms with Crippen molar-refractivity contribution in [3.8, 4) is 0 Å². The van der Waals surface area contributed by atoms with Crippen molar-refractivity contribution in [1.82, 2.24) is 15.5 Å². The maximum absolute atomic E-state index is 13.6. The summed E-state index contributed by atoms with van der Waals surface area (Å²) >= 11 is 0. The molecule has 0 saturated heterocycles. The molecule has 0 unspecified atom stereocenters. The fourth-order valence-corrected chi connectivity index (χ4v) is 2.20. The van der Waals surface area contributed by atoms with Crippen molar-refractivity contribution in [1.29, 1.82) is 0 Å². The van der Waals surface area contributed by atoms with E-state index in [-0.39, 0.29) is 17.4 Å². The third-order valence-electron chi connectivity index (χ3n) is 3.63. The zero-order valence-corrected chi connectivity index (χ0v) is 13.3. The first kappa shape index (κ1) is 17.6. The molecule has 24 heavy (non-hydrogen) atoms. The van der Waals surface area contributed by atoms with Gasteiger partial charge in [0.2, 0.25) is 0 Å². The SMILES string of the molecule is CCC(CC)NC(=O)c1[nH]ncc1NC(=O)c1c(F)cccc1F. The van der Waals surface area contributed by atoms with E-state index >= 15 is 0 Å². The number of halogens is 2. The normalized spacial score (nSPS) is 10.7. The van der Waals surface area contributed by atoms with E-state index in [4.69, 9.17) is 0 Å². The van der Waals surface area contributed by atoms with Gasteiger partial charge in [0, 0.05) is 6.04 Å². The van der Waals surface area contributed by atoms with Gasteiger partial charge < -0.3 is 10.6 Å². The van der Waals surface area contributed by atoms with Gasteiger partial charge in [0.05, 0.1) is 11.9 Å². The van der Waals surface area contributed by atoms with Crippen LogP contribution in [-0.2, 0) is 0 Å². The second-order valence-corrected chi connectivity index (χ2v) is 5.20. The first-order valence-corrected chi connectivity index (χ1v) is 7.57. The number of amides is 2. The molecule has 2 amide bonds. The molecule has 2 aromatic rings. The van der Waals surface area contributed by atoms with E-state index in [1.54, 1.807) is 0 Å². The molecule has 0 aliphatic rings. The van der Waals surface area contributed by atoms with Crippen LogP contribution in [0, 0.1) is 11.6 Å². The number of nitrogens with one attached hydrogen (secondary N) is 3. The number of nitrogens with zero attached hydrogens (tertiary/aromatic N) is 1. The van der Waals surface area contributed by atoms with Crippen LogP contribution in [0.4, 0.5) is 14.5 Å². The summed E-state index contributed by atoms with van der Waals surface area (Å²) in [5.41, 5.74) is -0.650. The Bertz CT molecular complexity index is 721. The van der Waals surface area contributed by atoms with Crippen molar-refractivity contribution >= 4 is 17.5 Å². The zero-order valence-electron chi connectivity index (χ0n) is 13.3. The summed E-state index contributed by atoms with van der Waals surface area (Å²) < 4.78 is 27.3. The lowest BCUT2D eigenvalue weighted by molar-refractivity contribution is 0.0930. The third kappa shape index (κ3) is 3.76. The molecule has 1 heterocycles. The topological polar surface area (TPSA) is 86.9 Å². The van der Waals surface area contributed by atoms with Gasteiger partial charge in [-0.15, -0.1) is 0 Å². The van der Waals surface area contributed by atoms with E-state index in [2.05, 4.69) is 20.8 Å². The molecular formula is C16H18F2N4O2. The van der Waals surface area contributed by atoms with E-state index in [9.17, 15) is 18.4 Å². The summed E-state index contributed by atoms with van der Waals surface area (Å²) in [4.78, 5) is 24.3. The van der Waals surface area contributed by atoms with Gasteiger partial charge in [-0.2, -0.15) is 5.10 Å². The van der Waals surface area contributed by atoms with Crippen molar-refractivity contribution < 1.29 is 18.4 Å². The predicted octanol–water partition coefficient (Wildman–Crippen LogP) is 2.86. The van der Waals surface area contributed by atoms with Gasteiger partial charge in [0.1, 0.15) is 22.9 Å². The fourth-order valence-electron chi connectivity index (χ4n) is 2.20. The van der Waals surface area contributed by atoms with Crippen LogP contribution in [0.15, 0.2) is 24.4 Å². The van der Waals surface area contributed by atoms with Gasteiger partial charge >= 0.3 is 0 Å². The number of hydrogen-bond donors (Lipinski definition) is 3. The molecular weight excluding hydrogens is 318 g/mol. The van der Waals surface area contributed by atoms with Gasteiger partial charge in [-0.25, -0.2) is 8.78 Å². The number of aromatic amines is 1. The molecule has 8 heteroatoms. The smallest absolute Gasteiger partial charge is 0.271 e. The van der Waals surface area contributed by atoms with Gasteiger partial charge in [-0.05, 0) is 25.0 Å².